The highest BCUT2D eigenvalue weighted by Gasteiger charge is 2.17. The highest BCUT2D eigenvalue weighted by atomic mass is 16.5. The minimum atomic E-state index is -0.0959. The van der Waals surface area contributed by atoms with Gasteiger partial charge in [0.05, 0.1) is 6.10 Å². The van der Waals surface area contributed by atoms with Gasteiger partial charge >= 0.3 is 0 Å². The van der Waals surface area contributed by atoms with Gasteiger partial charge in [-0.05, 0) is 68.5 Å². The molecular weight excluding hydrogens is 352 g/mol. The van der Waals surface area contributed by atoms with E-state index in [-0.39, 0.29) is 12.0 Å². The molecule has 1 atom stereocenters. The Balaban J connectivity index is 1.35. The topological polar surface area (TPSA) is 66.5 Å². The third-order valence-corrected chi connectivity index (χ3v) is 5.40. The summed E-state index contributed by atoms with van der Waals surface area (Å²) in [6, 6.07) is 11.9. The van der Waals surface area contributed by atoms with Crippen molar-refractivity contribution in [2.75, 3.05) is 36.5 Å². The van der Waals surface area contributed by atoms with Crippen molar-refractivity contribution in [1.29, 1.82) is 0 Å². The first-order valence-corrected chi connectivity index (χ1v) is 10.3. The number of nitrogens with one attached hydrogen (secondary N) is 2. The largest absolute Gasteiger partial charge is 0.376 e. The molecule has 0 bridgehead atoms. The summed E-state index contributed by atoms with van der Waals surface area (Å²) in [5.41, 5.74) is 2.83. The Bertz CT molecular complexity index is 781. The number of benzene rings is 1. The number of ether oxygens (including phenoxy) is 1. The van der Waals surface area contributed by atoms with Gasteiger partial charge in [0.1, 0.15) is 5.82 Å². The van der Waals surface area contributed by atoms with Crippen molar-refractivity contribution in [3.8, 4) is 0 Å². The quantitative estimate of drug-likeness (QED) is 0.799. The standard InChI is InChI=1S/C22H28N4O2/c27-22(24-16-20-5-4-14-28-20)17-10-11-23-21(15-17)25-18-6-8-19(9-7-18)26-12-2-1-3-13-26/h6-11,15,20H,1-5,12-14,16H2,(H,23,25)(H,24,27). The number of carbonyl (C=O) groups is 1. The first-order chi connectivity index (χ1) is 13.8. The first kappa shape index (κ1) is 18.7. The summed E-state index contributed by atoms with van der Waals surface area (Å²) in [4.78, 5) is 19.2. The molecule has 1 aromatic heterocycles. The molecular formula is C22H28N4O2. The number of rotatable bonds is 6. The van der Waals surface area contributed by atoms with E-state index in [4.69, 9.17) is 4.74 Å². The molecule has 1 unspecified atom stereocenters. The molecule has 148 valence electrons. The normalized spacial score (nSPS) is 19.4. The average molecular weight is 380 g/mol. The lowest BCUT2D eigenvalue weighted by atomic mass is 10.1. The third kappa shape index (κ3) is 4.81. The number of aromatic nitrogens is 1. The van der Waals surface area contributed by atoms with Crippen LogP contribution in [0.25, 0.3) is 0 Å². The lowest BCUT2D eigenvalue weighted by molar-refractivity contribution is 0.0857. The average Bonchev–Trinajstić information content (AvgIpc) is 3.27. The number of amides is 1. The summed E-state index contributed by atoms with van der Waals surface area (Å²) in [6.07, 6.45) is 7.75. The van der Waals surface area contributed by atoms with Gasteiger partial charge in [0.15, 0.2) is 0 Å². The van der Waals surface area contributed by atoms with E-state index in [1.165, 1.54) is 24.9 Å². The van der Waals surface area contributed by atoms with E-state index < -0.39 is 0 Å². The molecule has 1 aromatic carbocycles. The molecule has 6 nitrogen and oxygen atoms in total. The molecule has 0 radical (unpaired) electrons. The summed E-state index contributed by atoms with van der Waals surface area (Å²) in [5, 5.41) is 6.24. The second-order valence-electron chi connectivity index (χ2n) is 7.49. The zero-order valence-electron chi connectivity index (χ0n) is 16.2. The van der Waals surface area contributed by atoms with E-state index in [2.05, 4.69) is 44.8 Å². The predicted octanol–water partition coefficient (Wildman–Crippen LogP) is 3.72. The Morgan fingerprint density at radius 2 is 1.93 bits per heavy atom. The lowest BCUT2D eigenvalue weighted by Gasteiger charge is -2.28. The molecule has 2 saturated heterocycles. The second-order valence-corrected chi connectivity index (χ2v) is 7.49. The van der Waals surface area contributed by atoms with Crippen molar-refractivity contribution in [2.45, 2.75) is 38.2 Å². The van der Waals surface area contributed by atoms with Gasteiger partial charge in [0, 0.05) is 49.4 Å². The summed E-state index contributed by atoms with van der Waals surface area (Å²) in [5.74, 6) is 0.567. The molecule has 28 heavy (non-hydrogen) atoms. The fourth-order valence-electron chi connectivity index (χ4n) is 3.81. The highest BCUT2D eigenvalue weighted by molar-refractivity contribution is 5.94. The van der Waals surface area contributed by atoms with Crippen LogP contribution in [0.5, 0.6) is 0 Å². The fraction of sp³-hybridized carbons (Fsp3) is 0.455. The first-order valence-electron chi connectivity index (χ1n) is 10.3. The van der Waals surface area contributed by atoms with Crippen molar-refractivity contribution in [1.82, 2.24) is 10.3 Å². The number of pyridine rings is 1. The van der Waals surface area contributed by atoms with Crippen LogP contribution in [-0.4, -0.2) is 43.2 Å². The third-order valence-electron chi connectivity index (χ3n) is 5.40. The van der Waals surface area contributed by atoms with Crippen molar-refractivity contribution in [2.24, 2.45) is 0 Å². The van der Waals surface area contributed by atoms with Gasteiger partial charge in [-0.15, -0.1) is 0 Å². The SMILES string of the molecule is O=C(NCC1CCCO1)c1ccnc(Nc2ccc(N3CCCCC3)cc2)c1. The number of nitrogens with zero attached hydrogens (tertiary/aromatic N) is 2. The molecule has 4 rings (SSSR count). The Hall–Kier alpha value is -2.60. The summed E-state index contributed by atoms with van der Waals surface area (Å²) >= 11 is 0. The van der Waals surface area contributed by atoms with E-state index in [1.54, 1.807) is 18.3 Å². The molecule has 0 spiro atoms. The molecule has 2 aliphatic rings. The van der Waals surface area contributed by atoms with Crippen LogP contribution in [0, 0.1) is 0 Å². The van der Waals surface area contributed by atoms with E-state index >= 15 is 0 Å². The number of piperidine rings is 1. The molecule has 6 heteroatoms. The van der Waals surface area contributed by atoms with E-state index in [0.29, 0.717) is 17.9 Å². The number of carbonyl (C=O) groups excluding carboxylic acids is 1. The minimum absolute atomic E-state index is 0.0959. The zero-order chi connectivity index (χ0) is 19.2. The monoisotopic (exact) mass is 380 g/mol. The van der Waals surface area contributed by atoms with E-state index in [9.17, 15) is 4.79 Å². The van der Waals surface area contributed by atoms with Crippen molar-refractivity contribution < 1.29 is 9.53 Å². The molecule has 0 saturated carbocycles. The summed E-state index contributed by atoms with van der Waals surface area (Å²) in [7, 11) is 0. The van der Waals surface area contributed by atoms with Crippen LogP contribution in [0.1, 0.15) is 42.5 Å². The van der Waals surface area contributed by atoms with Crippen LogP contribution in [-0.2, 0) is 4.74 Å². The molecule has 2 fully saturated rings. The van der Waals surface area contributed by atoms with Crippen LogP contribution < -0.4 is 15.5 Å². The van der Waals surface area contributed by atoms with Crippen LogP contribution in [0.4, 0.5) is 17.2 Å². The minimum Gasteiger partial charge on any atom is -0.376 e. The maximum atomic E-state index is 12.4. The van der Waals surface area contributed by atoms with Gasteiger partial charge in [0.25, 0.3) is 5.91 Å². The maximum absolute atomic E-state index is 12.4. The van der Waals surface area contributed by atoms with Crippen LogP contribution in [0.2, 0.25) is 0 Å². The van der Waals surface area contributed by atoms with Gasteiger partial charge in [-0.25, -0.2) is 4.98 Å². The summed E-state index contributed by atoms with van der Waals surface area (Å²) in [6.45, 7) is 3.62. The van der Waals surface area contributed by atoms with Gasteiger partial charge in [0.2, 0.25) is 0 Å². The van der Waals surface area contributed by atoms with Gasteiger partial charge in [-0.1, -0.05) is 0 Å². The van der Waals surface area contributed by atoms with Crippen molar-refractivity contribution >= 4 is 23.1 Å². The molecule has 2 N–H and O–H groups in total. The van der Waals surface area contributed by atoms with Crippen LogP contribution >= 0.6 is 0 Å². The number of anilines is 3. The smallest absolute Gasteiger partial charge is 0.251 e. The van der Waals surface area contributed by atoms with Gasteiger partial charge in [-0.3, -0.25) is 4.79 Å². The summed E-state index contributed by atoms with van der Waals surface area (Å²) < 4.78 is 5.55. The predicted molar refractivity (Wildman–Crippen MR) is 111 cm³/mol. The van der Waals surface area contributed by atoms with Crippen molar-refractivity contribution in [3.63, 3.8) is 0 Å². The lowest BCUT2D eigenvalue weighted by Crippen LogP contribution is -2.31. The van der Waals surface area contributed by atoms with Crippen molar-refractivity contribution in [3.05, 3.63) is 48.2 Å². The molecule has 1 amide bonds. The number of hydrogen-bond donors (Lipinski definition) is 2. The Labute approximate surface area is 166 Å². The molecule has 3 heterocycles. The molecule has 0 aliphatic carbocycles. The van der Waals surface area contributed by atoms with Gasteiger partial charge < -0.3 is 20.3 Å². The molecule has 2 aliphatic heterocycles. The fourth-order valence-corrected chi connectivity index (χ4v) is 3.81. The Morgan fingerprint density at radius 3 is 2.68 bits per heavy atom. The van der Waals surface area contributed by atoms with Crippen LogP contribution in [0.3, 0.4) is 0 Å². The van der Waals surface area contributed by atoms with E-state index in [1.807, 2.05) is 0 Å². The van der Waals surface area contributed by atoms with Gasteiger partial charge in [-0.2, -0.15) is 0 Å². The maximum Gasteiger partial charge on any atom is 0.251 e. The van der Waals surface area contributed by atoms with Crippen LogP contribution in [0.15, 0.2) is 42.6 Å². The van der Waals surface area contributed by atoms with E-state index in [0.717, 1.165) is 38.2 Å². The highest BCUT2D eigenvalue weighted by Crippen LogP contribution is 2.23. The second kappa shape index (κ2) is 9.06. The zero-order valence-corrected chi connectivity index (χ0v) is 16.2. The Morgan fingerprint density at radius 1 is 1.11 bits per heavy atom. The molecule has 2 aromatic rings. The Kier molecular flexibility index (Phi) is 6.07. The number of hydrogen-bond acceptors (Lipinski definition) is 5.